The molecule has 1 aromatic heterocycles. The molecule has 1 fully saturated rings. The number of nitrogens with zero attached hydrogens (tertiary/aromatic N) is 3. The molecule has 0 unspecified atom stereocenters. The minimum atomic E-state index is 0.452. The molecule has 0 aromatic carbocycles. The highest BCUT2D eigenvalue weighted by atomic mass is 15.3. The van der Waals surface area contributed by atoms with Crippen LogP contribution in [-0.2, 0) is 6.54 Å². The van der Waals surface area contributed by atoms with Crippen LogP contribution in [0.25, 0.3) is 0 Å². The van der Waals surface area contributed by atoms with E-state index >= 15 is 0 Å². The van der Waals surface area contributed by atoms with Gasteiger partial charge in [0, 0.05) is 31.9 Å². The molecular formula is C13H24N4. The van der Waals surface area contributed by atoms with E-state index in [1.54, 1.807) is 0 Å². The van der Waals surface area contributed by atoms with Crippen molar-refractivity contribution >= 4 is 0 Å². The number of hydrogen-bond acceptors (Lipinski definition) is 3. The molecule has 1 aliphatic heterocycles. The van der Waals surface area contributed by atoms with Crippen LogP contribution in [0, 0.1) is 0 Å². The lowest BCUT2D eigenvalue weighted by Crippen LogP contribution is -2.29. The molecule has 4 nitrogen and oxygen atoms in total. The Balaban J connectivity index is 1.63. The van der Waals surface area contributed by atoms with Gasteiger partial charge in [0.1, 0.15) is 0 Å². The molecule has 2 heterocycles. The van der Waals surface area contributed by atoms with E-state index in [1.807, 2.05) is 4.68 Å². The van der Waals surface area contributed by atoms with Crippen molar-refractivity contribution in [2.75, 3.05) is 26.2 Å². The van der Waals surface area contributed by atoms with Crippen LogP contribution in [0.2, 0.25) is 0 Å². The maximum atomic E-state index is 4.52. The van der Waals surface area contributed by atoms with Gasteiger partial charge >= 0.3 is 0 Å². The maximum absolute atomic E-state index is 4.52. The van der Waals surface area contributed by atoms with Crippen molar-refractivity contribution in [2.45, 2.75) is 39.3 Å². The zero-order valence-corrected chi connectivity index (χ0v) is 11.0. The smallest absolute Gasteiger partial charge is 0.0762 e. The summed E-state index contributed by atoms with van der Waals surface area (Å²) in [5.41, 5.74) is 1.14. The van der Waals surface area contributed by atoms with Gasteiger partial charge in [-0.05, 0) is 45.8 Å². The number of rotatable bonds is 6. The van der Waals surface area contributed by atoms with Crippen LogP contribution >= 0.6 is 0 Å². The minimum Gasteiger partial charge on any atom is -0.310 e. The van der Waals surface area contributed by atoms with Crippen molar-refractivity contribution in [2.24, 2.45) is 0 Å². The van der Waals surface area contributed by atoms with Crippen molar-refractivity contribution in [3.8, 4) is 0 Å². The first-order valence-electron chi connectivity index (χ1n) is 6.73. The van der Waals surface area contributed by atoms with Gasteiger partial charge in [0.25, 0.3) is 0 Å². The molecule has 1 saturated heterocycles. The van der Waals surface area contributed by atoms with Crippen LogP contribution in [0.15, 0.2) is 12.3 Å². The van der Waals surface area contributed by atoms with Gasteiger partial charge in [0.15, 0.2) is 0 Å². The molecule has 96 valence electrons. The lowest BCUT2D eigenvalue weighted by atomic mass is 10.4. The predicted molar refractivity (Wildman–Crippen MR) is 70.0 cm³/mol. The predicted octanol–water partition coefficient (Wildman–Crippen LogP) is 1.65. The van der Waals surface area contributed by atoms with E-state index in [2.05, 4.69) is 41.4 Å². The van der Waals surface area contributed by atoms with Gasteiger partial charge in [-0.3, -0.25) is 4.68 Å². The Labute approximate surface area is 104 Å². The van der Waals surface area contributed by atoms with Crippen molar-refractivity contribution in [3.63, 3.8) is 0 Å². The summed E-state index contributed by atoms with van der Waals surface area (Å²) in [7, 11) is 0. The average Bonchev–Trinajstić information content (AvgIpc) is 2.96. The second kappa shape index (κ2) is 6.17. The summed E-state index contributed by atoms with van der Waals surface area (Å²) in [4.78, 5) is 2.53. The number of likely N-dealkylation sites (tertiary alicyclic amines) is 1. The molecular weight excluding hydrogens is 212 g/mol. The molecule has 0 spiro atoms. The SMILES string of the molecule is CC(C)n1ccc(CNCCN2CCCC2)n1. The molecule has 2 rings (SSSR count). The van der Waals surface area contributed by atoms with Gasteiger partial charge in [0.2, 0.25) is 0 Å². The number of nitrogens with one attached hydrogen (secondary N) is 1. The molecule has 1 N–H and O–H groups in total. The fourth-order valence-corrected chi connectivity index (χ4v) is 2.22. The second-order valence-corrected chi connectivity index (χ2v) is 5.11. The van der Waals surface area contributed by atoms with E-state index in [0.29, 0.717) is 6.04 Å². The van der Waals surface area contributed by atoms with Crippen LogP contribution in [0.4, 0.5) is 0 Å². The van der Waals surface area contributed by atoms with Crippen molar-refractivity contribution in [1.82, 2.24) is 20.0 Å². The van der Waals surface area contributed by atoms with Crippen molar-refractivity contribution in [1.29, 1.82) is 0 Å². The Hall–Kier alpha value is -0.870. The topological polar surface area (TPSA) is 33.1 Å². The molecule has 0 bridgehead atoms. The molecule has 0 atom stereocenters. The lowest BCUT2D eigenvalue weighted by molar-refractivity contribution is 0.335. The highest BCUT2D eigenvalue weighted by molar-refractivity contribution is 4.98. The number of hydrogen-bond donors (Lipinski definition) is 1. The summed E-state index contributed by atoms with van der Waals surface area (Å²) in [5.74, 6) is 0. The van der Waals surface area contributed by atoms with Crippen molar-refractivity contribution in [3.05, 3.63) is 18.0 Å². The van der Waals surface area contributed by atoms with Gasteiger partial charge in [0.05, 0.1) is 5.69 Å². The van der Waals surface area contributed by atoms with E-state index in [0.717, 1.165) is 18.8 Å². The fourth-order valence-electron chi connectivity index (χ4n) is 2.22. The molecule has 1 aliphatic rings. The van der Waals surface area contributed by atoms with E-state index in [1.165, 1.54) is 32.5 Å². The summed E-state index contributed by atoms with van der Waals surface area (Å²) < 4.78 is 2.01. The van der Waals surface area contributed by atoms with E-state index in [9.17, 15) is 0 Å². The normalized spacial score (nSPS) is 17.1. The minimum absolute atomic E-state index is 0.452. The third-order valence-corrected chi connectivity index (χ3v) is 3.30. The third kappa shape index (κ3) is 3.82. The Morgan fingerprint density at radius 1 is 1.35 bits per heavy atom. The van der Waals surface area contributed by atoms with E-state index in [4.69, 9.17) is 0 Å². The standard InChI is InChI=1S/C13H24N4/c1-12(2)17-9-5-13(15-17)11-14-6-10-16-7-3-4-8-16/h5,9,12,14H,3-4,6-8,10-11H2,1-2H3. The zero-order chi connectivity index (χ0) is 12.1. The zero-order valence-electron chi connectivity index (χ0n) is 11.0. The highest BCUT2D eigenvalue weighted by Gasteiger charge is 2.10. The van der Waals surface area contributed by atoms with Crippen LogP contribution in [0.1, 0.15) is 38.4 Å². The highest BCUT2D eigenvalue weighted by Crippen LogP contribution is 2.06. The molecule has 1 aromatic rings. The lowest BCUT2D eigenvalue weighted by Gasteiger charge is -2.14. The van der Waals surface area contributed by atoms with Crippen LogP contribution in [0.5, 0.6) is 0 Å². The van der Waals surface area contributed by atoms with Crippen LogP contribution in [-0.4, -0.2) is 40.9 Å². The second-order valence-electron chi connectivity index (χ2n) is 5.11. The summed E-state index contributed by atoms with van der Waals surface area (Å²) in [6, 6.07) is 2.55. The van der Waals surface area contributed by atoms with Crippen LogP contribution < -0.4 is 5.32 Å². The van der Waals surface area contributed by atoms with Gasteiger partial charge in [-0.25, -0.2) is 0 Å². The Morgan fingerprint density at radius 3 is 2.76 bits per heavy atom. The molecule has 17 heavy (non-hydrogen) atoms. The summed E-state index contributed by atoms with van der Waals surface area (Å²) in [5, 5.41) is 7.98. The molecule has 4 heteroatoms. The molecule has 0 aliphatic carbocycles. The summed E-state index contributed by atoms with van der Waals surface area (Å²) in [6.07, 6.45) is 4.81. The van der Waals surface area contributed by atoms with E-state index < -0.39 is 0 Å². The first-order valence-corrected chi connectivity index (χ1v) is 6.73. The fraction of sp³-hybridized carbons (Fsp3) is 0.769. The quantitative estimate of drug-likeness (QED) is 0.762. The molecule has 0 amide bonds. The van der Waals surface area contributed by atoms with Gasteiger partial charge in [-0.2, -0.15) is 5.10 Å². The van der Waals surface area contributed by atoms with Gasteiger partial charge in [-0.15, -0.1) is 0 Å². The third-order valence-electron chi connectivity index (χ3n) is 3.30. The average molecular weight is 236 g/mol. The number of aromatic nitrogens is 2. The first-order chi connectivity index (χ1) is 8.25. The maximum Gasteiger partial charge on any atom is 0.0762 e. The molecule has 0 radical (unpaired) electrons. The first kappa shape index (κ1) is 12.6. The largest absolute Gasteiger partial charge is 0.310 e. The Morgan fingerprint density at radius 2 is 2.12 bits per heavy atom. The summed E-state index contributed by atoms with van der Waals surface area (Å²) >= 11 is 0. The Kier molecular flexibility index (Phi) is 4.57. The van der Waals surface area contributed by atoms with Crippen molar-refractivity contribution < 1.29 is 0 Å². The van der Waals surface area contributed by atoms with E-state index in [-0.39, 0.29) is 0 Å². The Bertz CT molecular complexity index is 326. The van der Waals surface area contributed by atoms with Gasteiger partial charge in [-0.1, -0.05) is 0 Å². The van der Waals surface area contributed by atoms with Crippen LogP contribution in [0.3, 0.4) is 0 Å². The monoisotopic (exact) mass is 236 g/mol. The summed E-state index contributed by atoms with van der Waals surface area (Å²) in [6.45, 7) is 9.98. The molecule has 0 saturated carbocycles. The van der Waals surface area contributed by atoms with Gasteiger partial charge < -0.3 is 10.2 Å².